The van der Waals surface area contributed by atoms with Crippen molar-refractivity contribution in [3.05, 3.63) is 11.6 Å². The third-order valence-electron chi connectivity index (χ3n) is 3.83. The summed E-state index contributed by atoms with van der Waals surface area (Å²) < 4.78 is 4.94. The fraction of sp³-hybridized carbons (Fsp3) is 0.600. The normalized spacial score (nSPS) is 11.0. The van der Waals surface area contributed by atoms with Gasteiger partial charge in [0.25, 0.3) is 0 Å². The van der Waals surface area contributed by atoms with E-state index in [2.05, 4.69) is 21.3 Å². The number of carboxylic acid groups (broad SMARTS) is 1. The van der Waals surface area contributed by atoms with Crippen molar-refractivity contribution < 1.29 is 38.6 Å². The van der Waals surface area contributed by atoms with Crippen LogP contribution in [0, 0.1) is 11.8 Å². The van der Waals surface area contributed by atoms with E-state index in [9.17, 15) is 28.8 Å². The third-order valence-corrected chi connectivity index (χ3v) is 3.83. The van der Waals surface area contributed by atoms with Gasteiger partial charge in [0.05, 0.1) is 19.6 Å². The summed E-state index contributed by atoms with van der Waals surface area (Å²) in [5, 5.41) is 18.7. The SMILES string of the molecule is CC(C)C(=O)NCC(=O)NCCOC(=O)C(=CC(=O)O)CCNC(=O)CNC(=O)C(C)C. The van der Waals surface area contributed by atoms with Gasteiger partial charge in [0.2, 0.25) is 23.6 Å². The number of amides is 4. The molecule has 0 aromatic rings. The van der Waals surface area contributed by atoms with Crippen molar-refractivity contribution in [2.24, 2.45) is 11.8 Å². The van der Waals surface area contributed by atoms with Crippen molar-refractivity contribution in [2.75, 3.05) is 32.8 Å². The molecule has 5 N–H and O–H groups in total. The lowest BCUT2D eigenvalue weighted by Crippen LogP contribution is -2.39. The molecule has 12 heteroatoms. The van der Waals surface area contributed by atoms with Crippen LogP contribution in [0.2, 0.25) is 0 Å². The Morgan fingerprint density at radius 3 is 1.69 bits per heavy atom. The van der Waals surface area contributed by atoms with Crippen LogP contribution in [0.25, 0.3) is 0 Å². The second-order valence-electron chi connectivity index (χ2n) is 7.34. The number of rotatable bonds is 14. The Labute approximate surface area is 186 Å². The molecule has 0 fully saturated rings. The predicted molar refractivity (Wildman–Crippen MR) is 113 cm³/mol. The minimum Gasteiger partial charge on any atom is -0.478 e. The van der Waals surface area contributed by atoms with Gasteiger partial charge in [-0.3, -0.25) is 19.2 Å². The third kappa shape index (κ3) is 13.7. The van der Waals surface area contributed by atoms with E-state index in [4.69, 9.17) is 9.84 Å². The van der Waals surface area contributed by atoms with Gasteiger partial charge in [0.15, 0.2) is 0 Å². The minimum absolute atomic E-state index is 0.0330. The maximum atomic E-state index is 12.1. The molecular formula is C20H32N4O8. The molecule has 0 bridgehead atoms. The zero-order chi connectivity index (χ0) is 24.7. The lowest BCUT2D eigenvalue weighted by atomic mass is 10.1. The maximum Gasteiger partial charge on any atom is 0.334 e. The van der Waals surface area contributed by atoms with Crippen molar-refractivity contribution >= 4 is 35.6 Å². The Morgan fingerprint density at radius 1 is 0.781 bits per heavy atom. The molecule has 0 aliphatic carbocycles. The van der Waals surface area contributed by atoms with Crippen LogP contribution >= 0.6 is 0 Å². The zero-order valence-electron chi connectivity index (χ0n) is 18.8. The van der Waals surface area contributed by atoms with Crippen LogP contribution < -0.4 is 21.3 Å². The second kappa shape index (κ2) is 15.4. The Bertz CT molecular complexity index is 731. The first-order valence-corrected chi connectivity index (χ1v) is 10.1. The molecule has 0 aliphatic heterocycles. The fourth-order valence-electron chi connectivity index (χ4n) is 2.01. The average Bonchev–Trinajstić information content (AvgIpc) is 2.71. The highest BCUT2D eigenvalue weighted by Gasteiger charge is 2.15. The molecule has 32 heavy (non-hydrogen) atoms. The summed E-state index contributed by atoms with van der Waals surface area (Å²) in [5.74, 6) is -4.32. The van der Waals surface area contributed by atoms with Gasteiger partial charge in [-0.25, -0.2) is 9.59 Å². The Hall–Kier alpha value is -3.44. The highest BCUT2D eigenvalue weighted by Crippen LogP contribution is 2.04. The minimum atomic E-state index is -1.36. The van der Waals surface area contributed by atoms with E-state index in [-0.39, 0.29) is 68.4 Å². The molecule has 0 saturated heterocycles. The lowest BCUT2D eigenvalue weighted by molar-refractivity contribution is -0.140. The molecule has 0 saturated carbocycles. The van der Waals surface area contributed by atoms with Gasteiger partial charge in [0, 0.05) is 30.0 Å². The predicted octanol–water partition coefficient (Wildman–Crippen LogP) is -1.29. The number of hydrogen-bond donors (Lipinski definition) is 5. The van der Waals surface area contributed by atoms with Crippen molar-refractivity contribution in [3.8, 4) is 0 Å². The van der Waals surface area contributed by atoms with Crippen LogP contribution in [0.4, 0.5) is 0 Å². The van der Waals surface area contributed by atoms with Gasteiger partial charge < -0.3 is 31.1 Å². The van der Waals surface area contributed by atoms with Crippen molar-refractivity contribution in [2.45, 2.75) is 34.1 Å². The van der Waals surface area contributed by atoms with Crippen LogP contribution in [0.3, 0.4) is 0 Å². The zero-order valence-corrected chi connectivity index (χ0v) is 18.8. The number of esters is 1. The number of ether oxygens (including phenoxy) is 1. The van der Waals surface area contributed by atoms with E-state index < -0.39 is 23.8 Å². The highest BCUT2D eigenvalue weighted by molar-refractivity contribution is 5.95. The smallest absolute Gasteiger partial charge is 0.334 e. The molecule has 0 heterocycles. The molecule has 0 atom stereocenters. The van der Waals surface area contributed by atoms with E-state index in [1.807, 2.05) is 0 Å². The van der Waals surface area contributed by atoms with Crippen LogP contribution in [0.5, 0.6) is 0 Å². The molecule has 0 rings (SSSR count). The molecule has 0 aliphatic rings. The number of aliphatic carboxylic acids is 1. The fourth-order valence-corrected chi connectivity index (χ4v) is 2.01. The van der Waals surface area contributed by atoms with Gasteiger partial charge >= 0.3 is 11.9 Å². The molecule has 0 unspecified atom stereocenters. The largest absolute Gasteiger partial charge is 0.478 e. The van der Waals surface area contributed by atoms with Gasteiger partial charge in [-0.15, -0.1) is 0 Å². The first-order valence-electron chi connectivity index (χ1n) is 10.1. The van der Waals surface area contributed by atoms with E-state index in [0.29, 0.717) is 6.08 Å². The first kappa shape index (κ1) is 28.6. The van der Waals surface area contributed by atoms with Gasteiger partial charge in [-0.05, 0) is 6.42 Å². The maximum absolute atomic E-state index is 12.1. The monoisotopic (exact) mass is 456 g/mol. The van der Waals surface area contributed by atoms with Crippen molar-refractivity contribution in [3.63, 3.8) is 0 Å². The second-order valence-corrected chi connectivity index (χ2v) is 7.34. The van der Waals surface area contributed by atoms with Crippen LogP contribution in [-0.2, 0) is 33.5 Å². The molecule has 4 amide bonds. The molecule has 12 nitrogen and oxygen atoms in total. The van der Waals surface area contributed by atoms with Crippen molar-refractivity contribution in [1.82, 2.24) is 21.3 Å². The van der Waals surface area contributed by atoms with E-state index >= 15 is 0 Å². The van der Waals surface area contributed by atoms with Crippen molar-refractivity contribution in [1.29, 1.82) is 0 Å². The molecule has 0 aromatic heterocycles. The number of carboxylic acids is 1. The summed E-state index contributed by atoms with van der Waals surface area (Å²) in [5.41, 5.74) is -0.181. The Morgan fingerprint density at radius 2 is 1.25 bits per heavy atom. The summed E-state index contributed by atoms with van der Waals surface area (Å²) in [6.07, 6.45) is 0.567. The van der Waals surface area contributed by atoms with E-state index in [0.717, 1.165) is 0 Å². The quantitative estimate of drug-likeness (QED) is 0.122. The summed E-state index contributed by atoms with van der Waals surface area (Å²) in [6, 6.07) is 0. The molecular weight excluding hydrogens is 424 g/mol. The lowest BCUT2D eigenvalue weighted by Gasteiger charge is -2.11. The molecule has 0 spiro atoms. The number of hydrogen-bond acceptors (Lipinski definition) is 7. The number of carbonyl (C=O) groups is 6. The van der Waals surface area contributed by atoms with E-state index in [1.54, 1.807) is 27.7 Å². The van der Waals surface area contributed by atoms with E-state index in [1.165, 1.54) is 0 Å². The van der Waals surface area contributed by atoms with Gasteiger partial charge in [-0.2, -0.15) is 0 Å². The summed E-state index contributed by atoms with van der Waals surface area (Å²) >= 11 is 0. The molecule has 180 valence electrons. The summed E-state index contributed by atoms with van der Waals surface area (Å²) in [4.78, 5) is 69.2. The molecule has 0 aromatic carbocycles. The Kier molecular flexibility index (Phi) is 13.7. The standard InChI is InChI=1S/C20H32N4O8/c1-12(2)18(29)23-10-15(25)21-6-5-14(9-17(27)28)20(31)32-8-7-22-16(26)11-24-19(30)13(3)4/h9,12-13H,5-8,10-11H2,1-4H3,(H,21,25)(H,22,26)(H,23,29)(H,24,30)(H,27,28). The number of nitrogens with one attached hydrogen (secondary N) is 4. The average molecular weight is 456 g/mol. The first-order chi connectivity index (χ1) is 14.9. The Balaban J connectivity index is 4.35. The van der Waals surface area contributed by atoms with Gasteiger partial charge in [-0.1, -0.05) is 27.7 Å². The topological polar surface area (TPSA) is 180 Å². The van der Waals surface area contributed by atoms with Crippen LogP contribution in [0.15, 0.2) is 11.6 Å². The summed E-state index contributed by atoms with van der Waals surface area (Å²) in [7, 11) is 0. The van der Waals surface area contributed by atoms with Gasteiger partial charge in [0.1, 0.15) is 6.61 Å². The molecule has 0 radical (unpaired) electrons. The number of carbonyl (C=O) groups excluding carboxylic acids is 5. The van der Waals surface area contributed by atoms with Crippen LogP contribution in [0.1, 0.15) is 34.1 Å². The highest BCUT2D eigenvalue weighted by atomic mass is 16.5. The van der Waals surface area contributed by atoms with Crippen LogP contribution in [-0.4, -0.2) is 73.5 Å². The summed E-state index contributed by atoms with van der Waals surface area (Å²) in [6.45, 7) is 5.98.